The molecule has 2 N–H and O–H groups in total. The first-order valence-corrected chi connectivity index (χ1v) is 7.35. The highest BCUT2D eigenvalue weighted by Crippen LogP contribution is 2.20. The van der Waals surface area contributed by atoms with E-state index in [1.165, 1.54) is 24.3 Å². The van der Waals surface area contributed by atoms with Crippen molar-refractivity contribution in [3.63, 3.8) is 0 Å². The van der Waals surface area contributed by atoms with Gasteiger partial charge in [-0.2, -0.15) is 0 Å². The first kappa shape index (κ1) is 16.2. The maximum absolute atomic E-state index is 12.8. The van der Waals surface area contributed by atoms with Crippen molar-refractivity contribution in [1.29, 1.82) is 0 Å². The number of nitrogens with one attached hydrogen (secondary N) is 2. The molecule has 114 valence electrons. The van der Waals surface area contributed by atoms with Crippen LogP contribution in [0.25, 0.3) is 0 Å². The molecule has 0 saturated heterocycles. The van der Waals surface area contributed by atoms with Crippen molar-refractivity contribution in [3.8, 4) is 0 Å². The van der Waals surface area contributed by atoms with Gasteiger partial charge in [-0.05, 0) is 48.9 Å². The third kappa shape index (κ3) is 4.39. The number of Topliss-reactive ketones (excluding diaryl/α,β-unsaturated/α-hetero) is 1. The van der Waals surface area contributed by atoms with Crippen LogP contribution >= 0.6 is 15.9 Å². The number of halogens is 2. The predicted octanol–water partition coefficient (Wildman–Crippen LogP) is 3.90. The number of urea groups is 1. The van der Waals surface area contributed by atoms with Gasteiger partial charge >= 0.3 is 6.03 Å². The number of carbonyl (C=O) groups is 2. The van der Waals surface area contributed by atoms with Crippen molar-refractivity contribution in [2.24, 2.45) is 0 Å². The summed E-state index contributed by atoms with van der Waals surface area (Å²) in [4.78, 5) is 23.6. The summed E-state index contributed by atoms with van der Waals surface area (Å²) in [5.74, 6) is -0.701. The maximum Gasteiger partial charge on any atom is 0.319 e. The number of hydrogen-bond donors (Lipinski definition) is 2. The summed E-state index contributed by atoms with van der Waals surface area (Å²) in [5, 5.41) is 5.10. The molecule has 0 saturated carbocycles. The smallest absolute Gasteiger partial charge is 0.319 e. The monoisotopic (exact) mass is 364 g/mol. The Kier molecular flexibility index (Phi) is 5.27. The summed E-state index contributed by atoms with van der Waals surface area (Å²) in [6, 6.07) is 10.1. The summed E-state index contributed by atoms with van der Waals surface area (Å²) in [5.41, 5.74) is 2.02. The van der Waals surface area contributed by atoms with Crippen molar-refractivity contribution in [1.82, 2.24) is 5.32 Å². The van der Waals surface area contributed by atoms with E-state index in [4.69, 9.17) is 0 Å². The minimum Gasteiger partial charge on any atom is -0.330 e. The van der Waals surface area contributed by atoms with E-state index in [0.717, 1.165) is 10.0 Å². The minimum absolute atomic E-state index is 0.162. The molecule has 0 atom stereocenters. The Hall–Kier alpha value is -2.21. The highest BCUT2D eigenvalue weighted by Gasteiger charge is 2.09. The molecule has 0 spiro atoms. The van der Waals surface area contributed by atoms with Crippen LogP contribution in [0.3, 0.4) is 0 Å². The predicted molar refractivity (Wildman–Crippen MR) is 86.6 cm³/mol. The number of aryl methyl sites for hydroxylation is 1. The van der Waals surface area contributed by atoms with E-state index in [2.05, 4.69) is 26.6 Å². The quantitative estimate of drug-likeness (QED) is 0.808. The maximum atomic E-state index is 12.8. The number of hydrogen-bond acceptors (Lipinski definition) is 2. The fourth-order valence-electron chi connectivity index (χ4n) is 1.74. The van der Waals surface area contributed by atoms with Crippen LogP contribution < -0.4 is 10.6 Å². The average molecular weight is 365 g/mol. The van der Waals surface area contributed by atoms with Gasteiger partial charge in [0.2, 0.25) is 0 Å². The molecule has 4 nitrogen and oxygen atoms in total. The van der Waals surface area contributed by atoms with Gasteiger partial charge in [-0.25, -0.2) is 9.18 Å². The zero-order chi connectivity index (χ0) is 16.1. The number of amides is 2. The molecule has 2 aromatic rings. The molecule has 0 radical (unpaired) electrons. The molecule has 0 aromatic heterocycles. The van der Waals surface area contributed by atoms with Gasteiger partial charge in [0.1, 0.15) is 5.82 Å². The Bertz CT molecular complexity index is 702. The van der Waals surface area contributed by atoms with Gasteiger partial charge in [0, 0.05) is 15.7 Å². The number of benzene rings is 2. The number of carbonyl (C=O) groups excluding carboxylic acids is 2. The second kappa shape index (κ2) is 7.17. The Morgan fingerprint density at radius 1 is 1.14 bits per heavy atom. The van der Waals surface area contributed by atoms with Crippen LogP contribution in [0.4, 0.5) is 14.9 Å². The molecule has 22 heavy (non-hydrogen) atoms. The lowest BCUT2D eigenvalue weighted by molar-refractivity contribution is 0.0993. The Morgan fingerprint density at radius 2 is 1.82 bits per heavy atom. The minimum atomic E-state index is -0.480. The van der Waals surface area contributed by atoms with Crippen LogP contribution in [-0.2, 0) is 0 Å². The lowest BCUT2D eigenvalue weighted by Gasteiger charge is -2.08. The van der Waals surface area contributed by atoms with E-state index in [0.29, 0.717) is 11.3 Å². The average Bonchev–Trinajstić information content (AvgIpc) is 2.49. The van der Waals surface area contributed by atoms with E-state index in [1.807, 2.05) is 13.0 Å². The van der Waals surface area contributed by atoms with Crippen molar-refractivity contribution in [3.05, 3.63) is 63.9 Å². The standard InChI is InChI=1S/C16H14BrFN2O2/c1-10-2-7-13(8-14(10)17)20-16(22)19-9-15(21)11-3-5-12(18)6-4-11/h2-8H,9H2,1H3,(H2,19,20,22). The van der Waals surface area contributed by atoms with Crippen LogP contribution in [-0.4, -0.2) is 18.4 Å². The Balaban J connectivity index is 1.88. The van der Waals surface area contributed by atoms with E-state index < -0.39 is 11.8 Å². The lowest BCUT2D eigenvalue weighted by atomic mass is 10.1. The van der Waals surface area contributed by atoms with Gasteiger partial charge in [-0.3, -0.25) is 4.79 Å². The van der Waals surface area contributed by atoms with Crippen molar-refractivity contribution in [2.45, 2.75) is 6.92 Å². The first-order valence-electron chi connectivity index (χ1n) is 6.55. The van der Waals surface area contributed by atoms with Crippen LogP contribution in [0.1, 0.15) is 15.9 Å². The second-order valence-corrected chi connectivity index (χ2v) is 5.56. The molecule has 2 aromatic carbocycles. The van der Waals surface area contributed by atoms with Gasteiger partial charge in [-0.1, -0.05) is 22.0 Å². The lowest BCUT2D eigenvalue weighted by Crippen LogP contribution is -2.33. The number of ketones is 1. The van der Waals surface area contributed by atoms with E-state index in [-0.39, 0.29) is 12.3 Å². The van der Waals surface area contributed by atoms with Crippen molar-refractivity contribution in [2.75, 3.05) is 11.9 Å². The zero-order valence-corrected chi connectivity index (χ0v) is 13.4. The van der Waals surface area contributed by atoms with Gasteiger partial charge in [0.15, 0.2) is 5.78 Å². The number of rotatable bonds is 4. The molecule has 0 unspecified atom stereocenters. The fraction of sp³-hybridized carbons (Fsp3) is 0.125. The summed E-state index contributed by atoms with van der Waals surface area (Å²) < 4.78 is 13.7. The normalized spacial score (nSPS) is 10.1. The van der Waals surface area contributed by atoms with Crippen LogP contribution in [0.5, 0.6) is 0 Å². The molecule has 0 aliphatic heterocycles. The molecular weight excluding hydrogens is 351 g/mol. The summed E-state index contributed by atoms with van der Waals surface area (Å²) in [6.45, 7) is 1.78. The van der Waals surface area contributed by atoms with Crippen molar-refractivity contribution >= 4 is 33.4 Å². The van der Waals surface area contributed by atoms with Gasteiger partial charge < -0.3 is 10.6 Å². The van der Waals surface area contributed by atoms with Gasteiger partial charge in [0.25, 0.3) is 0 Å². The summed E-state index contributed by atoms with van der Waals surface area (Å²) >= 11 is 3.38. The van der Waals surface area contributed by atoms with Crippen LogP contribution in [0, 0.1) is 12.7 Å². The summed E-state index contributed by atoms with van der Waals surface area (Å²) in [6.07, 6.45) is 0. The van der Waals surface area contributed by atoms with Crippen LogP contribution in [0.15, 0.2) is 46.9 Å². The highest BCUT2D eigenvalue weighted by molar-refractivity contribution is 9.10. The van der Waals surface area contributed by atoms with E-state index >= 15 is 0 Å². The molecule has 0 heterocycles. The third-order valence-corrected chi connectivity index (χ3v) is 3.86. The topological polar surface area (TPSA) is 58.2 Å². The van der Waals surface area contributed by atoms with Gasteiger partial charge in [0.05, 0.1) is 6.54 Å². The molecule has 6 heteroatoms. The van der Waals surface area contributed by atoms with Crippen LogP contribution in [0.2, 0.25) is 0 Å². The third-order valence-electron chi connectivity index (χ3n) is 3.01. The first-order chi connectivity index (χ1) is 10.5. The molecule has 2 rings (SSSR count). The molecule has 0 aliphatic rings. The second-order valence-electron chi connectivity index (χ2n) is 4.70. The molecule has 0 bridgehead atoms. The molecular formula is C16H14BrFN2O2. The Morgan fingerprint density at radius 3 is 2.45 bits per heavy atom. The van der Waals surface area contributed by atoms with E-state index in [1.54, 1.807) is 12.1 Å². The summed E-state index contributed by atoms with van der Waals surface area (Å²) in [7, 11) is 0. The highest BCUT2D eigenvalue weighted by atomic mass is 79.9. The molecule has 0 fully saturated rings. The molecule has 0 aliphatic carbocycles. The molecule has 2 amide bonds. The van der Waals surface area contributed by atoms with Gasteiger partial charge in [-0.15, -0.1) is 0 Å². The zero-order valence-electron chi connectivity index (χ0n) is 11.8. The fourth-order valence-corrected chi connectivity index (χ4v) is 2.12. The SMILES string of the molecule is Cc1ccc(NC(=O)NCC(=O)c2ccc(F)cc2)cc1Br. The van der Waals surface area contributed by atoms with Crippen molar-refractivity contribution < 1.29 is 14.0 Å². The largest absolute Gasteiger partial charge is 0.330 e. The number of anilines is 1. The Labute approximate surface area is 135 Å². The van der Waals surface area contributed by atoms with E-state index in [9.17, 15) is 14.0 Å².